The third-order valence-corrected chi connectivity index (χ3v) is 5.52. The van der Waals surface area contributed by atoms with Gasteiger partial charge in [0.25, 0.3) is 0 Å². The van der Waals surface area contributed by atoms with Crippen molar-refractivity contribution in [1.29, 1.82) is 0 Å². The second-order valence-electron chi connectivity index (χ2n) is 5.87. The van der Waals surface area contributed by atoms with Gasteiger partial charge in [0.1, 0.15) is 17.0 Å². The van der Waals surface area contributed by atoms with Crippen molar-refractivity contribution in [2.75, 3.05) is 29.0 Å². The number of thioether (sulfide) groups is 1. The molecule has 2 aromatic rings. The SMILES string of the molecule is COc1ccc(C)cc1N1C(=O)CSC1c1ccccc1NC(=O)CCl. The Morgan fingerprint density at radius 3 is 2.85 bits per heavy atom. The highest BCUT2D eigenvalue weighted by atomic mass is 35.5. The molecule has 1 fully saturated rings. The molecule has 136 valence electrons. The van der Waals surface area contributed by atoms with Gasteiger partial charge in [-0.2, -0.15) is 0 Å². The number of alkyl halides is 1. The lowest BCUT2D eigenvalue weighted by Gasteiger charge is -2.27. The van der Waals surface area contributed by atoms with Crippen molar-refractivity contribution in [2.45, 2.75) is 12.3 Å². The van der Waals surface area contributed by atoms with Gasteiger partial charge >= 0.3 is 0 Å². The maximum absolute atomic E-state index is 12.7. The Morgan fingerprint density at radius 2 is 2.12 bits per heavy atom. The largest absolute Gasteiger partial charge is 0.495 e. The summed E-state index contributed by atoms with van der Waals surface area (Å²) >= 11 is 7.14. The van der Waals surface area contributed by atoms with E-state index in [1.165, 1.54) is 11.8 Å². The van der Waals surface area contributed by atoms with Crippen molar-refractivity contribution < 1.29 is 14.3 Å². The number of nitrogens with one attached hydrogen (secondary N) is 1. The van der Waals surface area contributed by atoms with Crippen LogP contribution in [0.1, 0.15) is 16.5 Å². The summed E-state index contributed by atoms with van der Waals surface area (Å²) in [6.45, 7) is 1.97. The van der Waals surface area contributed by atoms with Gasteiger partial charge in [0.15, 0.2) is 0 Å². The molecule has 0 aromatic heterocycles. The summed E-state index contributed by atoms with van der Waals surface area (Å²) in [7, 11) is 1.59. The Labute approximate surface area is 161 Å². The first-order valence-corrected chi connectivity index (χ1v) is 9.66. The second kappa shape index (κ2) is 8.01. The Morgan fingerprint density at radius 1 is 1.35 bits per heavy atom. The first-order valence-electron chi connectivity index (χ1n) is 8.08. The van der Waals surface area contributed by atoms with Crippen molar-refractivity contribution in [3.63, 3.8) is 0 Å². The maximum Gasteiger partial charge on any atom is 0.239 e. The number of rotatable bonds is 5. The Kier molecular flexibility index (Phi) is 5.74. The molecule has 1 unspecified atom stereocenters. The molecule has 1 aliphatic heterocycles. The van der Waals surface area contributed by atoms with Gasteiger partial charge < -0.3 is 10.1 Å². The maximum atomic E-state index is 12.7. The van der Waals surface area contributed by atoms with Crippen LogP contribution in [0.3, 0.4) is 0 Å². The molecule has 7 heteroatoms. The number of carbonyl (C=O) groups excluding carboxylic acids is 2. The topological polar surface area (TPSA) is 58.6 Å². The number of methoxy groups -OCH3 is 1. The number of nitrogens with zero attached hydrogens (tertiary/aromatic N) is 1. The third kappa shape index (κ3) is 3.66. The van der Waals surface area contributed by atoms with Gasteiger partial charge in [0.2, 0.25) is 11.8 Å². The highest BCUT2D eigenvalue weighted by Gasteiger charge is 2.37. The highest BCUT2D eigenvalue weighted by Crippen LogP contribution is 2.46. The number of carbonyl (C=O) groups is 2. The second-order valence-corrected chi connectivity index (χ2v) is 7.21. The van der Waals surface area contributed by atoms with E-state index in [4.69, 9.17) is 16.3 Å². The van der Waals surface area contributed by atoms with Crippen LogP contribution in [0, 0.1) is 6.92 Å². The van der Waals surface area contributed by atoms with Crippen LogP contribution < -0.4 is 15.0 Å². The minimum absolute atomic E-state index is 0.00220. The Hall–Kier alpha value is -2.18. The molecule has 2 amide bonds. The first kappa shape index (κ1) is 18.6. The van der Waals surface area contributed by atoms with Crippen molar-refractivity contribution in [3.05, 3.63) is 53.6 Å². The minimum atomic E-state index is -0.284. The Balaban J connectivity index is 2.05. The lowest BCUT2D eigenvalue weighted by Crippen LogP contribution is -2.29. The van der Waals surface area contributed by atoms with Gasteiger partial charge in [-0.25, -0.2) is 0 Å². The van der Waals surface area contributed by atoms with Gasteiger partial charge in [0, 0.05) is 11.3 Å². The van der Waals surface area contributed by atoms with E-state index in [9.17, 15) is 9.59 Å². The number of anilines is 2. The summed E-state index contributed by atoms with van der Waals surface area (Å²) in [6, 6.07) is 13.2. The zero-order valence-electron chi connectivity index (χ0n) is 14.5. The van der Waals surface area contributed by atoms with Crippen molar-refractivity contribution in [1.82, 2.24) is 0 Å². The number of amides is 2. The molecular weight excluding hydrogens is 372 g/mol. The van der Waals surface area contributed by atoms with E-state index < -0.39 is 0 Å². The van der Waals surface area contributed by atoms with Crippen LogP contribution in [0.2, 0.25) is 0 Å². The van der Waals surface area contributed by atoms with Crippen LogP contribution in [0.4, 0.5) is 11.4 Å². The molecule has 0 bridgehead atoms. The fourth-order valence-corrected chi connectivity index (χ4v) is 4.18. The lowest BCUT2D eigenvalue weighted by molar-refractivity contribution is -0.116. The number of hydrogen-bond donors (Lipinski definition) is 1. The van der Waals surface area contributed by atoms with Crippen molar-refractivity contribution in [3.8, 4) is 5.75 Å². The number of halogens is 1. The molecule has 1 saturated heterocycles. The van der Waals surface area contributed by atoms with E-state index in [-0.39, 0.29) is 23.1 Å². The number of ether oxygens (including phenoxy) is 1. The van der Waals surface area contributed by atoms with Gasteiger partial charge in [-0.15, -0.1) is 23.4 Å². The number of hydrogen-bond acceptors (Lipinski definition) is 4. The summed E-state index contributed by atoms with van der Waals surface area (Å²) in [5, 5.41) is 2.55. The average molecular weight is 391 g/mol. The van der Waals surface area contributed by atoms with E-state index in [0.717, 1.165) is 16.8 Å². The van der Waals surface area contributed by atoms with Gasteiger partial charge in [-0.3, -0.25) is 14.5 Å². The lowest BCUT2D eigenvalue weighted by atomic mass is 10.1. The molecular formula is C19H19ClN2O3S. The zero-order valence-corrected chi connectivity index (χ0v) is 16.1. The van der Waals surface area contributed by atoms with Crippen LogP contribution in [0.15, 0.2) is 42.5 Å². The number of aryl methyl sites for hydroxylation is 1. The summed E-state index contributed by atoms with van der Waals surface area (Å²) in [5.74, 6) is 0.592. The molecule has 0 aliphatic carbocycles. The predicted octanol–water partition coefficient (Wildman–Crippen LogP) is 3.96. The van der Waals surface area contributed by atoms with E-state index in [1.807, 2.05) is 49.4 Å². The van der Waals surface area contributed by atoms with Gasteiger partial charge in [-0.1, -0.05) is 24.3 Å². The van der Waals surface area contributed by atoms with Crippen molar-refractivity contribution in [2.24, 2.45) is 0 Å². The predicted molar refractivity (Wildman–Crippen MR) is 106 cm³/mol. The van der Waals surface area contributed by atoms with Crippen molar-refractivity contribution >= 4 is 46.6 Å². The fourth-order valence-electron chi connectivity index (χ4n) is 2.91. The van der Waals surface area contributed by atoms with Gasteiger partial charge in [0.05, 0.1) is 18.6 Å². The third-order valence-electron chi connectivity index (χ3n) is 4.08. The molecule has 1 N–H and O–H groups in total. The first-order chi connectivity index (χ1) is 12.5. The smallest absolute Gasteiger partial charge is 0.239 e. The molecule has 5 nitrogen and oxygen atoms in total. The van der Waals surface area contributed by atoms with E-state index in [0.29, 0.717) is 17.2 Å². The molecule has 3 rings (SSSR count). The fraction of sp³-hybridized carbons (Fsp3) is 0.263. The summed E-state index contributed by atoms with van der Waals surface area (Å²) in [6.07, 6.45) is 0. The standard InChI is InChI=1S/C19H19ClN2O3S/c1-12-7-8-16(25-2)15(9-12)22-18(24)11-26-19(22)13-5-3-4-6-14(13)21-17(23)10-20/h3-9,19H,10-11H2,1-2H3,(H,21,23). The normalized spacial score (nSPS) is 16.7. The van der Waals surface area contributed by atoms with E-state index in [2.05, 4.69) is 5.32 Å². The highest BCUT2D eigenvalue weighted by molar-refractivity contribution is 8.00. The van der Waals surface area contributed by atoms with Gasteiger partial charge in [-0.05, 0) is 30.7 Å². The molecule has 1 heterocycles. The Bertz CT molecular complexity index is 843. The molecule has 0 spiro atoms. The zero-order chi connectivity index (χ0) is 18.7. The molecule has 2 aromatic carbocycles. The number of para-hydroxylation sites is 1. The monoisotopic (exact) mass is 390 g/mol. The molecule has 1 aliphatic rings. The summed E-state index contributed by atoms with van der Waals surface area (Å²) in [5.41, 5.74) is 3.27. The van der Waals surface area contributed by atoms with E-state index >= 15 is 0 Å². The van der Waals surface area contributed by atoms with Crippen LogP contribution in [-0.4, -0.2) is 30.6 Å². The minimum Gasteiger partial charge on any atom is -0.495 e. The average Bonchev–Trinajstić information content (AvgIpc) is 3.03. The van der Waals surface area contributed by atoms with Crippen LogP contribution in [0.5, 0.6) is 5.75 Å². The quantitative estimate of drug-likeness (QED) is 0.785. The van der Waals surface area contributed by atoms with Crippen LogP contribution in [0.25, 0.3) is 0 Å². The molecule has 0 saturated carbocycles. The van der Waals surface area contributed by atoms with E-state index in [1.54, 1.807) is 12.0 Å². The van der Waals surface area contributed by atoms with Crippen LogP contribution >= 0.6 is 23.4 Å². The molecule has 26 heavy (non-hydrogen) atoms. The number of benzene rings is 2. The van der Waals surface area contributed by atoms with Crippen LogP contribution in [-0.2, 0) is 9.59 Å². The molecule has 0 radical (unpaired) electrons. The summed E-state index contributed by atoms with van der Waals surface area (Å²) < 4.78 is 5.47. The summed E-state index contributed by atoms with van der Waals surface area (Å²) in [4.78, 5) is 26.2. The molecule has 1 atom stereocenters.